The van der Waals surface area contributed by atoms with Crippen molar-refractivity contribution in [1.82, 2.24) is 20.0 Å². The Kier molecular flexibility index (Phi) is 8.60. The predicted molar refractivity (Wildman–Crippen MR) is 139 cm³/mol. The summed E-state index contributed by atoms with van der Waals surface area (Å²) in [5.74, 6) is -1.56. The highest BCUT2D eigenvalue weighted by molar-refractivity contribution is 5.82. The fourth-order valence-corrected chi connectivity index (χ4v) is 4.01. The van der Waals surface area contributed by atoms with Crippen LogP contribution in [0.2, 0.25) is 0 Å². The van der Waals surface area contributed by atoms with Crippen LogP contribution >= 0.6 is 0 Å². The van der Waals surface area contributed by atoms with Gasteiger partial charge in [0.25, 0.3) is 0 Å². The van der Waals surface area contributed by atoms with E-state index in [2.05, 4.69) is 22.1 Å². The van der Waals surface area contributed by atoms with Crippen molar-refractivity contribution < 1.29 is 22.7 Å². The summed E-state index contributed by atoms with van der Waals surface area (Å²) < 4.78 is 46.4. The van der Waals surface area contributed by atoms with E-state index in [1.165, 1.54) is 12.5 Å². The molecule has 4 aromatic rings. The SMILES string of the molecule is C.C[C@H](NC(=O)C(F)(F)F)[C@H](Oc1ccc2c(cnn2-c2ccc(CN(C)C)cc2)c1)c1ccccc1. The van der Waals surface area contributed by atoms with Crippen LogP contribution in [0.5, 0.6) is 5.75 Å². The summed E-state index contributed by atoms with van der Waals surface area (Å²) in [5.41, 5.74) is 3.60. The molecule has 0 unspecified atom stereocenters. The smallest absolute Gasteiger partial charge is 0.471 e. The second-order valence-electron chi connectivity index (χ2n) is 8.89. The first-order valence-electron chi connectivity index (χ1n) is 11.4. The largest absolute Gasteiger partial charge is 0.484 e. The summed E-state index contributed by atoms with van der Waals surface area (Å²) >= 11 is 0. The molecule has 1 N–H and O–H groups in total. The maximum Gasteiger partial charge on any atom is 0.471 e. The predicted octanol–water partition coefficient (Wildman–Crippen LogP) is 5.91. The topological polar surface area (TPSA) is 59.4 Å². The number of ether oxygens (including phenoxy) is 1. The second-order valence-corrected chi connectivity index (χ2v) is 8.89. The molecule has 196 valence electrons. The van der Waals surface area contributed by atoms with Crippen LogP contribution in [-0.4, -0.2) is 46.9 Å². The van der Waals surface area contributed by atoms with Gasteiger partial charge in [-0.2, -0.15) is 18.3 Å². The zero-order chi connectivity index (χ0) is 25.9. The number of halogens is 3. The van der Waals surface area contributed by atoms with Crippen molar-refractivity contribution in [2.75, 3.05) is 14.1 Å². The number of carbonyl (C=O) groups excluding carboxylic acids is 1. The standard InChI is InChI=1S/C27H27F3N4O2.CH4/c1-18(32-26(35)27(28,29)30)25(20-7-5-4-6-8-20)36-23-13-14-24-21(15-23)16-31-34(24)22-11-9-19(10-12-22)17-33(2)3;/h4-16,18,25H,17H2,1-3H3,(H,32,35);1H4/t18-,25-;/m0./s1. The fraction of sp³-hybridized carbons (Fsp3) is 0.286. The number of amides is 1. The molecule has 1 aromatic heterocycles. The molecule has 0 saturated carbocycles. The minimum Gasteiger partial charge on any atom is -0.484 e. The summed E-state index contributed by atoms with van der Waals surface area (Å²) in [5, 5.41) is 7.32. The van der Waals surface area contributed by atoms with Crippen LogP contribution in [-0.2, 0) is 11.3 Å². The summed E-state index contributed by atoms with van der Waals surface area (Å²) in [6, 6.07) is 21.4. The number of benzene rings is 3. The van der Waals surface area contributed by atoms with Gasteiger partial charge in [0, 0.05) is 11.9 Å². The highest BCUT2D eigenvalue weighted by atomic mass is 19.4. The Labute approximate surface area is 214 Å². The molecule has 0 aliphatic rings. The van der Waals surface area contributed by atoms with Gasteiger partial charge >= 0.3 is 12.1 Å². The van der Waals surface area contributed by atoms with E-state index in [9.17, 15) is 18.0 Å². The quantitative estimate of drug-likeness (QED) is 0.319. The van der Waals surface area contributed by atoms with Gasteiger partial charge in [-0.1, -0.05) is 49.9 Å². The first-order valence-corrected chi connectivity index (χ1v) is 11.4. The van der Waals surface area contributed by atoms with E-state index in [4.69, 9.17) is 4.74 Å². The van der Waals surface area contributed by atoms with Crippen LogP contribution in [0, 0.1) is 0 Å². The Hall–Kier alpha value is -3.85. The molecule has 0 fully saturated rings. The van der Waals surface area contributed by atoms with Gasteiger partial charge in [-0.25, -0.2) is 4.68 Å². The average molecular weight is 513 g/mol. The van der Waals surface area contributed by atoms with Crippen molar-refractivity contribution in [2.45, 2.75) is 39.2 Å². The third-order valence-electron chi connectivity index (χ3n) is 5.68. The van der Waals surface area contributed by atoms with Crippen molar-refractivity contribution >= 4 is 16.8 Å². The van der Waals surface area contributed by atoms with Gasteiger partial charge in [0.15, 0.2) is 0 Å². The Morgan fingerprint density at radius 3 is 2.35 bits per heavy atom. The van der Waals surface area contributed by atoms with Crippen LogP contribution in [0.3, 0.4) is 0 Å². The molecule has 2 atom stereocenters. The highest BCUT2D eigenvalue weighted by Gasteiger charge is 2.40. The fourth-order valence-electron chi connectivity index (χ4n) is 4.01. The molecule has 4 rings (SSSR count). The zero-order valence-electron chi connectivity index (χ0n) is 20.2. The Morgan fingerprint density at radius 2 is 1.73 bits per heavy atom. The minimum absolute atomic E-state index is 0. The highest BCUT2D eigenvalue weighted by Crippen LogP contribution is 2.29. The number of hydrogen-bond donors (Lipinski definition) is 1. The number of hydrogen-bond acceptors (Lipinski definition) is 4. The number of fused-ring (bicyclic) bond motifs is 1. The molecule has 0 aliphatic carbocycles. The van der Waals surface area contributed by atoms with E-state index >= 15 is 0 Å². The molecular formula is C28H31F3N4O2. The van der Waals surface area contributed by atoms with E-state index in [0.29, 0.717) is 11.3 Å². The van der Waals surface area contributed by atoms with Gasteiger partial charge in [0.2, 0.25) is 0 Å². The van der Waals surface area contributed by atoms with E-state index in [-0.39, 0.29) is 7.43 Å². The van der Waals surface area contributed by atoms with E-state index < -0.39 is 24.2 Å². The third-order valence-corrected chi connectivity index (χ3v) is 5.68. The Bertz CT molecular complexity index is 1320. The lowest BCUT2D eigenvalue weighted by atomic mass is 10.0. The summed E-state index contributed by atoms with van der Waals surface area (Å²) in [6.45, 7) is 2.32. The van der Waals surface area contributed by atoms with Crippen molar-refractivity contribution in [2.24, 2.45) is 0 Å². The molecule has 0 saturated heterocycles. The molecule has 6 nitrogen and oxygen atoms in total. The van der Waals surface area contributed by atoms with Crippen molar-refractivity contribution in [3.8, 4) is 11.4 Å². The molecular weight excluding hydrogens is 481 g/mol. The molecule has 0 radical (unpaired) electrons. The number of carbonyl (C=O) groups is 1. The molecule has 0 spiro atoms. The summed E-state index contributed by atoms with van der Waals surface area (Å²) in [7, 11) is 4.03. The van der Waals surface area contributed by atoms with Gasteiger partial charge in [0.1, 0.15) is 11.9 Å². The average Bonchev–Trinajstić information content (AvgIpc) is 3.26. The van der Waals surface area contributed by atoms with Gasteiger partial charge < -0.3 is 15.0 Å². The van der Waals surface area contributed by atoms with Crippen LogP contribution in [0.4, 0.5) is 13.2 Å². The van der Waals surface area contributed by atoms with Crippen LogP contribution in [0.1, 0.15) is 31.6 Å². The number of nitrogens with one attached hydrogen (secondary N) is 1. The summed E-state index contributed by atoms with van der Waals surface area (Å²) in [4.78, 5) is 13.6. The van der Waals surface area contributed by atoms with Crippen LogP contribution in [0.15, 0.2) is 79.0 Å². The maximum absolute atomic E-state index is 12.8. The van der Waals surface area contributed by atoms with Crippen LogP contribution in [0.25, 0.3) is 16.6 Å². The number of alkyl halides is 3. The molecule has 0 bridgehead atoms. The van der Waals surface area contributed by atoms with Crippen LogP contribution < -0.4 is 10.1 Å². The lowest BCUT2D eigenvalue weighted by Gasteiger charge is -2.27. The van der Waals surface area contributed by atoms with E-state index in [0.717, 1.165) is 23.1 Å². The molecule has 3 aromatic carbocycles. The molecule has 1 heterocycles. The van der Waals surface area contributed by atoms with E-state index in [1.54, 1.807) is 48.7 Å². The Morgan fingerprint density at radius 1 is 1.05 bits per heavy atom. The zero-order valence-corrected chi connectivity index (χ0v) is 20.2. The maximum atomic E-state index is 12.8. The minimum atomic E-state index is -4.98. The van der Waals surface area contributed by atoms with Gasteiger partial charge in [0.05, 0.1) is 23.4 Å². The molecule has 37 heavy (non-hydrogen) atoms. The first-order chi connectivity index (χ1) is 17.1. The normalized spacial score (nSPS) is 13.2. The van der Waals surface area contributed by atoms with Crippen molar-refractivity contribution in [3.05, 3.63) is 90.1 Å². The second kappa shape index (κ2) is 11.5. The summed E-state index contributed by atoms with van der Waals surface area (Å²) in [6.07, 6.45) is -4.11. The monoisotopic (exact) mass is 512 g/mol. The first kappa shape index (κ1) is 27.7. The number of nitrogens with zero attached hydrogens (tertiary/aromatic N) is 3. The van der Waals surface area contributed by atoms with Crippen molar-refractivity contribution in [3.63, 3.8) is 0 Å². The lowest BCUT2D eigenvalue weighted by Crippen LogP contribution is -2.45. The third kappa shape index (κ3) is 6.68. The molecule has 1 amide bonds. The number of aromatic nitrogens is 2. The van der Waals surface area contributed by atoms with Gasteiger partial charge in [-0.3, -0.25) is 4.79 Å². The van der Waals surface area contributed by atoms with Gasteiger partial charge in [-0.05, 0) is 62.5 Å². The van der Waals surface area contributed by atoms with Gasteiger partial charge in [-0.15, -0.1) is 0 Å². The molecule has 0 aliphatic heterocycles. The Balaban J connectivity index is 0.00000380. The van der Waals surface area contributed by atoms with E-state index in [1.807, 2.05) is 42.3 Å². The number of rotatable bonds is 8. The molecule has 9 heteroatoms. The van der Waals surface area contributed by atoms with Crippen molar-refractivity contribution in [1.29, 1.82) is 0 Å². The lowest BCUT2D eigenvalue weighted by molar-refractivity contribution is -0.174.